The first-order valence-corrected chi connectivity index (χ1v) is 13.4. The lowest BCUT2D eigenvalue weighted by atomic mass is 9.87. The van der Waals surface area contributed by atoms with Gasteiger partial charge in [-0.05, 0) is 71.2 Å². The topological polar surface area (TPSA) is 45.3 Å². The van der Waals surface area contributed by atoms with Crippen molar-refractivity contribution in [1.82, 2.24) is 9.88 Å². The largest absolute Gasteiger partial charge is 0.494 e. The number of pyridine rings is 1. The molecule has 0 saturated heterocycles. The molecular formula is C33H40N2O2. The van der Waals surface area contributed by atoms with Crippen molar-refractivity contribution in [3.05, 3.63) is 111 Å². The van der Waals surface area contributed by atoms with Gasteiger partial charge in [0.05, 0.1) is 6.61 Å². The van der Waals surface area contributed by atoms with Crippen LogP contribution in [0.2, 0.25) is 0 Å². The van der Waals surface area contributed by atoms with Crippen LogP contribution in [0.4, 0.5) is 0 Å². The highest BCUT2D eigenvalue weighted by molar-refractivity contribution is 5.79. The minimum atomic E-state index is -0.0240. The van der Waals surface area contributed by atoms with Crippen LogP contribution in [-0.4, -0.2) is 16.5 Å². The van der Waals surface area contributed by atoms with E-state index in [1.54, 1.807) is 0 Å². The Morgan fingerprint density at radius 1 is 0.838 bits per heavy atom. The molecule has 1 heterocycles. The number of ether oxygens (including phenoxy) is 1. The van der Waals surface area contributed by atoms with Crippen molar-refractivity contribution in [3.8, 4) is 5.75 Å². The number of hydrogen-bond donors (Lipinski definition) is 1. The first-order chi connectivity index (χ1) is 17.7. The predicted octanol–water partition coefficient (Wildman–Crippen LogP) is 7.52. The zero-order valence-corrected chi connectivity index (χ0v) is 22.9. The number of rotatable bonds is 10. The Labute approximate surface area is 221 Å². The number of H-pyrrole nitrogens is 1. The van der Waals surface area contributed by atoms with Gasteiger partial charge in [0, 0.05) is 30.7 Å². The molecule has 194 valence electrons. The quantitative estimate of drug-likeness (QED) is 0.231. The van der Waals surface area contributed by atoms with E-state index in [0.717, 1.165) is 54.8 Å². The molecule has 3 aromatic carbocycles. The molecule has 4 nitrogen and oxygen atoms in total. The summed E-state index contributed by atoms with van der Waals surface area (Å²) in [5, 5.41) is 1.07. The number of hydrogen-bond acceptors (Lipinski definition) is 3. The van der Waals surface area contributed by atoms with E-state index in [1.807, 2.05) is 30.3 Å². The molecule has 0 saturated carbocycles. The molecule has 0 bridgehead atoms. The summed E-state index contributed by atoms with van der Waals surface area (Å²) >= 11 is 0. The van der Waals surface area contributed by atoms with E-state index in [4.69, 9.17) is 4.74 Å². The summed E-state index contributed by atoms with van der Waals surface area (Å²) in [6.07, 6.45) is 2.18. The van der Waals surface area contributed by atoms with Crippen LogP contribution in [0.25, 0.3) is 10.9 Å². The highest BCUT2D eigenvalue weighted by Crippen LogP contribution is 2.24. The molecule has 37 heavy (non-hydrogen) atoms. The molecule has 0 aliphatic rings. The van der Waals surface area contributed by atoms with Crippen LogP contribution >= 0.6 is 0 Å². The van der Waals surface area contributed by atoms with Crippen molar-refractivity contribution in [2.24, 2.45) is 0 Å². The zero-order valence-electron chi connectivity index (χ0n) is 22.9. The fourth-order valence-corrected chi connectivity index (χ4v) is 4.55. The molecule has 0 atom stereocenters. The van der Waals surface area contributed by atoms with Crippen LogP contribution in [-0.2, 0) is 25.0 Å². The van der Waals surface area contributed by atoms with Crippen molar-refractivity contribution in [1.29, 1.82) is 0 Å². The van der Waals surface area contributed by atoms with Gasteiger partial charge in [0.1, 0.15) is 5.75 Å². The van der Waals surface area contributed by atoms with Crippen molar-refractivity contribution in [3.63, 3.8) is 0 Å². The average Bonchev–Trinajstić information content (AvgIpc) is 2.86. The number of aromatic nitrogens is 1. The highest BCUT2D eigenvalue weighted by Gasteiger charge is 2.15. The van der Waals surface area contributed by atoms with E-state index in [2.05, 4.69) is 87.0 Å². The second-order valence-electron chi connectivity index (χ2n) is 11.2. The summed E-state index contributed by atoms with van der Waals surface area (Å²) in [4.78, 5) is 18.4. The maximum atomic E-state index is 13.0. The molecule has 0 aliphatic heterocycles. The van der Waals surface area contributed by atoms with E-state index in [0.29, 0.717) is 6.54 Å². The summed E-state index contributed by atoms with van der Waals surface area (Å²) in [6.45, 7) is 13.7. The van der Waals surface area contributed by atoms with E-state index < -0.39 is 0 Å². The standard InChI is InChI=1S/C33H40N2O2/c1-6-7-18-37-30-15-11-26(12-16-30)22-35(21-25-9-13-29(14-10-25)33(3,4)5)23-28-20-27-19-24(2)8-17-31(27)34-32(28)36/h8-17,19-20H,6-7,18,21-23H2,1-5H3,(H,34,36). The lowest BCUT2D eigenvalue weighted by Crippen LogP contribution is -2.26. The molecule has 1 aromatic heterocycles. The number of aromatic amines is 1. The minimum Gasteiger partial charge on any atom is -0.494 e. The summed E-state index contributed by atoms with van der Waals surface area (Å²) < 4.78 is 5.84. The zero-order chi connectivity index (χ0) is 26.4. The minimum absolute atomic E-state index is 0.0240. The molecule has 0 fully saturated rings. The molecule has 4 aromatic rings. The Hall–Kier alpha value is -3.37. The van der Waals surface area contributed by atoms with Crippen LogP contribution in [0.3, 0.4) is 0 Å². The maximum absolute atomic E-state index is 13.0. The third-order valence-corrected chi connectivity index (χ3v) is 6.79. The maximum Gasteiger partial charge on any atom is 0.252 e. The Morgan fingerprint density at radius 2 is 1.49 bits per heavy atom. The van der Waals surface area contributed by atoms with E-state index >= 15 is 0 Å². The second-order valence-corrected chi connectivity index (χ2v) is 11.2. The Morgan fingerprint density at radius 3 is 2.11 bits per heavy atom. The lowest BCUT2D eigenvalue weighted by molar-refractivity contribution is 0.246. The van der Waals surface area contributed by atoms with Gasteiger partial charge in [-0.25, -0.2) is 0 Å². The van der Waals surface area contributed by atoms with Crippen molar-refractivity contribution < 1.29 is 4.74 Å². The van der Waals surface area contributed by atoms with Crippen molar-refractivity contribution in [2.45, 2.75) is 72.5 Å². The van der Waals surface area contributed by atoms with Gasteiger partial charge in [-0.2, -0.15) is 0 Å². The van der Waals surface area contributed by atoms with Crippen molar-refractivity contribution >= 4 is 10.9 Å². The monoisotopic (exact) mass is 496 g/mol. The molecular weight excluding hydrogens is 456 g/mol. The normalized spacial score (nSPS) is 11.8. The van der Waals surface area contributed by atoms with Gasteiger partial charge in [0.25, 0.3) is 5.56 Å². The smallest absolute Gasteiger partial charge is 0.252 e. The molecule has 0 spiro atoms. The second kappa shape index (κ2) is 11.8. The SMILES string of the molecule is CCCCOc1ccc(CN(Cc2ccc(C(C)(C)C)cc2)Cc2cc3cc(C)ccc3[nH]c2=O)cc1. The van der Waals surface area contributed by atoms with Gasteiger partial charge in [0.2, 0.25) is 0 Å². The lowest BCUT2D eigenvalue weighted by Gasteiger charge is -2.24. The van der Waals surface area contributed by atoms with Crippen molar-refractivity contribution in [2.75, 3.05) is 6.61 Å². The summed E-state index contributed by atoms with van der Waals surface area (Å²) in [5.41, 5.74) is 6.69. The Bertz CT molecular complexity index is 1360. The van der Waals surface area contributed by atoms with E-state index in [1.165, 1.54) is 22.3 Å². The first-order valence-electron chi connectivity index (χ1n) is 13.4. The molecule has 4 heteroatoms. The third kappa shape index (κ3) is 7.33. The number of unbranched alkanes of at least 4 members (excludes halogenated alkanes) is 1. The first kappa shape index (κ1) is 26.7. The Balaban J connectivity index is 1.58. The number of aryl methyl sites for hydroxylation is 1. The van der Waals surface area contributed by atoms with E-state index in [-0.39, 0.29) is 11.0 Å². The number of benzene rings is 3. The summed E-state index contributed by atoms with van der Waals surface area (Å²) in [7, 11) is 0. The van der Waals surface area contributed by atoms with Gasteiger partial charge >= 0.3 is 0 Å². The van der Waals surface area contributed by atoms with Gasteiger partial charge in [0.15, 0.2) is 0 Å². The van der Waals surface area contributed by atoms with Gasteiger partial charge < -0.3 is 9.72 Å². The van der Waals surface area contributed by atoms with Crippen LogP contribution in [0.5, 0.6) is 5.75 Å². The third-order valence-electron chi connectivity index (χ3n) is 6.79. The van der Waals surface area contributed by atoms with Crippen LogP contribution in [0, 0.1) is 6.92 Å². The Kier molecular flexibility index (Phi) is 8.50. The average molecular weight is 497 g/mol. The fraction of sp³-hybridized carbons (Fsp3) is 0.364. The molecule has 0 radical (unpaired) electrons. The van der Waals surface area contributed by atoms with Crippen LogP contribution < -0.4 is 10.3 Å². The molecule has 1 N–H and O–H groups in total. The van der Waals surface area contributed by atoms with Gasteiger partial charge in [-0.1, -0.05) is 82.1 Å². The van der Waals surface area contributed by atoms with Crippen LogP contribution in [0.1, 0.15) is 68.4 Å². The van der Waals surface area contributed by atoms with Gasteiger partial charge in [-0.15, -0.1) is 0 Å². The molecule has 0 amide bonds. The highest BCUT2D eigenvalue weighted by atomic mass is 16.5. The predicted molar refractivity (Wildman–Crippen MR) is 154 cm³/mol. The number of fused-ring (bicyclic) bond motifs is 1. The van der Waals surface area contributed by atoms with Gasteiger partial charge in [-0.3, -0.25) is 9.69 Å². The summed E-state index contributed by atoms with van der Waals surface area (Å²) in [6, 6.07) is 25.4. The number of nitrogens with zero attached hydrogens (tertiary/aromatic N) is 1. The molecule has 0 aliphatic carbocycles. The molecule has 0 unspecified atom stereocenters. The molecule has 4 rings (SSSR count). The van der Waals surface area contributed by atoms with Crippen LogP contribution in [0.15, 0.2) is 77.6 Å². The number of nitrogens with one attached hydrogen (secondary N) is 1. The van der Waals surface area contributed by atoms with E-state index in [9.17, 15) is 4.79 Å². The fourth-order valence-electron chi connectivity index (χ4n) is 4.55. The summed E-state index contributed by atoms with van der Waals surface area (Å²) in [5.74, 6) is 0.905.